The van der Waals surface area contributed by atoms with Crippen LogP contribution in [0, 0.1) is 0 Å². The quantitative estimate of drug-likeness (QED) is 0.193. The van der Waals surface area contributed by atoms with Crippen molar-refractivity contribution in [1.82, 2.24) is 0 Å². The Hall–Kier alpha value is -0.420. The van der Waals surface area contributed by atoms with Crippen LogP contribution >= 0.6 is 0 Å². The van der Waals surface area contributed by atoms with Crippen molar-refractivity contribution in [1.29, 1.82) is 0 Å². The second-order valence-corrected chi connectivity index (χ2v) is 6.91. The molecule has 3 nitrogen and oxygen atoms in total. The molecule has 0 saturated carbocycles. The fourth-order valence-corrected chi connectivity index (χ4v) is 1.95. The van der Waals surface area contributed by atoms with Crippen molar-refractivity contribution >= 4 is 10.1 Å². The van der Waals surface area contributed by atoms with Crippen molar-refractivity contribution in [2.45, 2.75) is 52.9 Å². The molecular weight excluding hydrogens is 575 g/mol. The van der Waals surface area contributed by atoms with Gasteiger partial charge in [0.1, 0.15) is 0 Å². The predicted molar refractivity (Wildman–Crippen MR) is 55.3 cm³/mol. The van der Waals surface area contributed by atoms with E-state index in [1.807, 2.05) is 0 Å². The van der Waals surface area contributed by atoms with Gasteiger partial charge in [0.25, 0.3) is 0 Å². The molecule has 24 heteroatoms. The molecular formula is C9F19NaO3S. The molecule has 0 aliphatic rings. The summed E-state index contributed by atoms with van der Waals surface area (Å²) in [4.78, 5) is 0. The van der Waals surface area contributed by atoms with Crippen LogP contribution in [0.25, 0.3) is 0 Å². The minimum absolute atomic E-state index is 0. The summed E-state index contributed by atoms with van der Waals surface area (Å²) in [5.41, 5.74) is 0. The zero-order valence-electron chi connectivity index (χ0n) is 14.3. The van der Waals surface area contributed by atoms with Gasteiger partial charge in [-0.05, 0) is 0 Å². The average Bonchev–Trinajstić information content (AvgIpc) is 2.51. The van der Waals surface area contributed by atoms with Crippen LogP contribution in [0.2, 0.25) is 0 Å². The van der Waals surface area contributed by atoms with Crippen molar-refractivity contribution in [3.8, 4) is 0 Å². The average molecular weight is 575 g/mol. The van der Waals surface area contributed by atoms with E-state index in [1.165, 1.54) is 0 Å². The van der Waals surface area contributed by atoms with Gasteiger partial charge in [-0.15, -0.1) is 0 Å². The summed E-state index contributed by atoms with van der Waals surface area (Å²) in [6.45, 7) is 0. The van der Waals surface area contributed by atoms with Crippen molar-refractivity contribution in [2.75, 3.05) is 0 Å². The molecule has 0 aromatic rings. The Labute approximate surface area is 189 Å². The first-order chi connectivity index (χ1) is 13.2. The first-order valence-electron chi connectivity index (χ1n) is 6.29. The molecule has 0 aromatic carbocycles. The Kier molecular flexibility index (Phi) is 8.76. The molecule has 0 rings (SSSR count). The van der Waals surface area contributed by atoms with Gasteiger partial charge < -0.3 is 4.55 Å². The molecule has 0 bridgehead atoms. The molecule has 0 fully saturated rings. The van der Waals surface area contributed by atoms with Crippen molar-refractivity contribution in [3.63, 3.8) is 0 Å². The summed E-state index contributed by atoms with van der Waals surface area (Å²) in [5, 5.41) is -8.07. The fourth-order valence-electron chi connectivity index (χ4n) is 1.50. The molecule has 194 valence electrons. The van der Waals surface area contributed by atoms with E-state index in [0.717, 1.165) is 0 Å². The smallest absolute Gasteiger partial charge is 0.743 e. The maximum absolute atomic E-state index is 13.2. The van der Waals surface area contributed by atoms with Crippen molar-refractivity contribution in [3.05, 3.63) is 0 Å². The predicted octanol–water partition coefficient (Wildman–Crippen LogP) is 2.14. The molecule has 0 atom stereocenters. The number of alkyl halides is 19. The number of rotatable bonds is 8. The van der Waals surface area contributed by atoms with E-state index < -0.39 is 63.0 Å². The zero-order chi connectivity index (χ0) is 27.0. The van der Waals surface area contributed by atoms with Crippen LogP contribution in [0.4, 0.5) is 83.4 Å². The van der Waals surface area contributed by atoms with Gasteiger partial charge in [0.2, 0.25) is 0 Å². The summed E-state index contributed by atoms with van der Waals surface area (Å²) in [6, 6.07) is 0. The molecule has 0 aromatic heterocycles. The molecule has 0 unspecified atom stereocenters. The van der Waals surface area contributed by atoms with Crippen LogP contribution in [0.5, 0.6) is 0 Å². The standard InChI is InChI=1S/C9HF19O3S.Na/c10-1(11,2(12,13)4(16,17)6(20,21)8(24,25)26)3(14,15)5(18,19)7(22,23)9(27,28)32(29,30)31;/h(H,29,30,31);/q;+1/p-1/i5+1,7+1,9+1;. The minimum atomic E-state index is -9.17. The maximum atomic E-state index is 13.2. The summed E-state index contributed by atoms with van der Waals surface area (Å²) in [5.74, 6) is -62.3. The Bertz CT molecular complexity index is 828. The van der Waals surface area contributed by atoms with E-state index >= 15 is 0 Å². The first-order valence-corrected chi connectivity index (χ1v) is 7.70. The number of hydrogen-bond acceptors (Lipinski definition) is 3. The first kappa shape index (κ1) is 34.7. The Morgan fingerprint density at radius 2 is 0.576 bits per heavy atom. The van der Waals surface area contributed by atoms with Crippen LogP contribution in [0.1, 0.15) is 0 Å². The molecule has 0 aliphatic carbocycles. The largest absolute Gasteiger partial charge is 1.00 e. The SMILES string of the molecule is O=S(=O)([O-])[13C](F)(F)[13C](F)(F)[13C](F)(F)C(F)(F)C(F)(F)C(F)(F)C(F)(F)C(F)(F)C(F)(F)F.[Na+]. The van der Waals surface area contributed by atoms with Gasteiger partial charge in [-0.1, -0.05) is 0 Å². The summed E-state index contributed by atoms with van der Waals surface area (Å²) < 4.78 is 272. The topological polar surface area (TPSA) is 57.2 Å². The third kappa shape index (κ3) is 4.26. The van der Waals surface area contributed by atoms with E-state index in [2.05, 4.69) is 0 Å². The Balaban J connectivity index is 0. The summed E-state index contributed by atoms with van der Waals surface area (Å²) in [7, 11) is -8.25. The molecule has 0 aliphatic heterocycles. The molecule has 0 spiro atoms. The Morgan fingerprint density at radius 3 is 0.758 bits per heavy atom. The third-order valence-corrected chi connectivity index (χ3v) is 4.29. The molecule has 0 N–H and O–H groups in total. The van der Waals surface area contributed by atoms with Crippen molar-refractivity contribution in [2.24, 2.45) is 0 Å². The minimum Gasteiger partial charge on any atom is -0.743 e. The monoisotopic (exact) mass is 575 g/mol. The molecule has 0 saturated heterocycles. The van der Waals surface area contributed by atoms with Crippen LogP contribution in [0.3, 0.4) is 0 Å². The van der Waals surface area contributed by atoms with Crippen LogP contribution < -0.4 is 29.6 Å². The van der Waals surface area contributed by atoms with Gasteiger partial charge in [-0.3, -0.25) is 0 Å². The Morgan fingerprint density at radius 1 is 0.394 bits per heavy atom. The van der Waals surface area contributed by atoms with Gasteiger partial charge in [0, 0.05) is 0 Å². The van der Waals surface area contributed by atoms with Gasteiger partial charge in [-0.25, -0.2) is 8.42 Å². The van der Waals surface area contributed by atoms with Gasteiger partial charge >= 0.3 is 82.4 Å². The van der Waals surface area contributed by atoms with E-state index in [-0.39, 0.29) is 29.6 Å². The number of halogens is 19. The van der Waals surface area contributed by atoms with E-state index in [0.29, 0.717) is 0 Å². The van der Waals surface area contributed by atoms with E-state index in [1.54, 1.807) is 0 Å². The van der Waals surface area contributed by atoms with Crippen LogP contribution in [0.15, 0.2) is 0 Å². The third-order valence-electron chi connectivity index (χ3n) is 3.40. The summed E-state index contributed by atoms with van der Waals surface area (Å²) >= 11 is 0. The zero-order valence-corrected chi connectivity index (χ0v) is 17.1. The van der Waals surface area contributed by atoms with E-state index in [9.17, 15) is 96.4 Å². The van der Waals surface area contributed by atoms with Crippen LogP contribution in [-0.4, -0.2) is 65.9 Å². The molecule has 0 radical (unpaired) electrons. The van der Waals surface area contributed by atoms with Gasteiger partial charge in [0.15, 0.2) is 10.1 Å². The second-order valence-electron chi connectivity index (χ2n) is 5.49. The van der Waals surface area contributed by atoms with Crippen molar-refractivity contribution < 1.29 is 126 Å². The number of hydrogen-bond donors (Lipinski definition) is 0. The van der Waals surface area contributed by atoms with Gasteiger partial charge in [0.05, 0.1) is 0 Å². The second kappa shape index (κ2) is 8.32. The maximum Gasteiger partial charge on any atom is 1.00 e. The normalized spacial score (nSPS) is 16.5. The fraction of sp³-hybridized carbons (Fsp3) is 1.00. The van der Waals surface area contributed by atoms with Crippen LogP contribution in [-0.2, 0) is 10.1 Å². The van der Waals surface area contributed by atoms with E-state index in [4.69, 9.17) is 0 Å². The molecule has 0 heterocycles. The van der Waals surface area contributed by atoms with Gasteiger partial charge in [-0.2, -0.15) is 83.4 Å². The summed E-state index contributed by atoms with van der Waals surface area (Å²) in [6.07, 6.45) is -8.00. The molecule has 33 heavy (non-hydrogen) atoms. The molecule has 0 amide bonds.